The van der Waals surface area contributed by atoms with Crippen LogP contribution in [-0.4, -0.2) is 218 Å². The van der Waals surface area contributed by atoms with Gasteiger partial charge < -0.3 is 90.6 Å². The van der Waals surface area contributed by atoms with E-state index in [0.29, 0.717) is 24.9 Å². The molecule has 0 bridgehead atoms. The van der Waals surface area contributed by atoms with Gasteiger partial charge in [-0.15, -0.1) is 11.8 Å². The fourth-order valence-corrected chi connectivity index (χ4v) is 10.5. The Balaban J connectivity index is 2.42. The van der Waals surface area contributed by atoms with Crippen LogP contribution in [-0.2, 0) is 73.5 Å². The topological polar surface area (TPSA) is 520 Å². The third-order valence-electron chi connectivity index (χ3n) is 12.2. The summed E-state index contributed by atoms with van der Waals surface area (Å²) in [6.07, 6.45) is -1.26. The van der Waals surface area contributed by atoms with Crippen molar-refractivity contribution in [3.8, 4) is 0 Å². The Morgan fingerprint density at radius 2 is 1.17 bits per heavy atom. The molecule has 89 heavy (non-hydrogen) atoms. The summed E-state index contributed by atoms with van der Waals surface area (Å²) in [7, 11) is 0. The molecule has 1 aliphatic rings. The molecule has 20 N–H and O–H groups in total. The minimum Gasteiger partial charge on any atom is -0.481 e. The number of guanidine groups is 1. The number of carbonyl (C=O) groups is 14. The Hall–Kier alpha value is -7.92. The van der Waals surface area contributed by atoms with Crippen molar-refractivity contribution < 1.29 is 82.4 Å². The van der Waals surface area contributed by atoms with E-state index in [9.17, 15) is 77.3 Å². The number of carboxylic acids is 3. The van der Waals surface area contributed by atoms with Gasteiger partial charge in [0.25, 0.3) is 0 Å². The van der Waals surface area contributed by atoms with Crippen molar-refractivity contribution in [1.29, 1.82) is 5.41 Å². The van der Waals surface area contributed by atoms with Crippen molar-refractivity contribution in [3.05, 3.63) is 35.9 Å². The molecule has 0 aliphatic carbocycles. The molecule has 1 aromatic rings. The van der Waals surface area contributed by atoms with Gasteiger partial charge in [0.05, 0.1) is 31.7 Å². The van der Waals surface area contributed by atoms with Gasteiger partial charge in [-0.25, -0.2) is 0 Å². The molecule has 0 unspecified atom stereocenters. The SMILES string of the molecule is CC(C)(C)SC[C@H](NC(=O)[C@H](Cc1ccccc1)NC(=O)[C@H](CSC(C)(C)C)NC(=O)[C@H](CC(=O)O)NC(=O)CNC(=O)[C@H](CCCNC(=N)N)NC(=O)[C@@H]1CSCC(=O)N[C@@H](CCCCN)C(=O)N[C@@H](CC(=O)O)C(=O)N1)C(=O)NCC(=O)NCC(=O)O. The molecule has 0 saturated carbocycles. The third-order valence-corrected chi connectivity index (χ3v) is 16.0. The standard InChI is InChI=1S/C54H85N15O17S3/c1-53(2,3)88-26-36(45(80)60-22-38(70)59-24-43(77)78)68-47(82)32(19-29-13-8-7-9-14-29)65-51(86)37(27-89-54(4,5)6)69-48(83)33(20-41(73)74)63-39(71)23-61-44(79)30(16-12-18-58-52(56)57)64-50(85)35-25-87-28-40(72)62-31(15-10-11-17-55)46(81)66-34(21-42(75)76)49(84)67-35/h7-9,13-14,30-37H,10-12,15-28,55H2,1-6H3,(H,59,70)(H,60,80)(H,61,79)(H,62,72)(H,63,71)(H,64,85)(H,65,86)(H,66,81)(H,67,84)(H,68,82)(H,69,83)(H,73,74)(H,75,76)(H,77,78)(H4,56,57,58)/t30-,31-,32-,33-,34-,35-,36-,37-/m0/s1. The lowest BCUT2D eigenvalue weighted by Gasteiger charge is -2.28. The van der Waals surface area contributed by atoms with Gasteiger partial charge in [-0.1, -0.05) is 71.9 Å². The number of nitrogens with one attached hydrogen (secondary N) is 13. The van der Waals surface area contributed by atoms with E-state index in [2.05, 4.69) is 63.8 Å². The van der Waals surface area contributed by atoms with E-state index in [-0.39, 0.29) is 55.2 Å². The maximum absolute atomic E-state index is 14.4. The molecule has 2 rings (SSSR count). The van der Waals surface area contributed by atoms with Crippen molar-refractivity contribution >= 4 is 124 Å². The lowest BCUT2D eigenvalue weighted by molar-refractivity contribution is -0.141. The lowest BCUT2D eigenvalue weighted by atomic mass is 10.0. The fourth-order valence-electron chi connectivity index (χ4n) is 7.80. The number of carboxylic acid groups (broad SMARTS) is 3. The zero-order chi connectivity index (χ0) is 67.0. The molecule has 11 amide bonds. The Labute approximate surface area is 527 Å². The Morgan fingerprint density at radius 1 is 0.618 bits per heavy atom. The Morgan fingerprint density at radius 3 is 1.73 bits per heavy atom. The molecule has 1 aromatic carbocycles. The molecule has 1 aliphatic heterocycles. The second-order valence-electron chi connectivity index (χ2n) is 22.2. The first kappa shape index (κ1) is 77.2. The van der Waals surface area contributed by atoms with Crippen molar-refractivity contribution in [2.75, 3.05) is 55.7 Å². The molecule has 496 valence electrons. The van der Waals surface area contributed by atoms with E-state index < -0.39 is 179 Å². The highest BCUT2D eigenvalue weighted by Crippen LogP contribution is 2.25. The van der Waals surface area contributed by atoms with Gasteiger partial charge >= 0.3 is 17.9 Å². The van der Waals surface area contributed by atoms with Crippen LogP contribution >= 0.6 is 35.3 Å². The monoisotopic (exact) mass is 1310 g/mol. The summed E-state index contributed by atoms with van der Waals surface area (Å²) in [5.41, 5.74) is 11.5. The van der Waals surface area contributed by atoms with Crippen LogP contribution < -0.4 is 75.3 Å². The second-order valence-corrected chi connectivity index (χ2v) is 27.0. The van der Waals surface area contributed by atoms with Crippen LogP contribution in [0.25, 0.3) is 0 Å². The first-order chi connectivity index (χ1) is 41.7. The summed E-state index contributed by atoms with van der Waals surface area (Å²) < 4.78 is -0.982. The van der Waals surface area contributed by atoms with Crippen molar-refractivity contribution in [2.24, 2.45) is 11.5 Å². The smallest absolute Gasteiger partial charge is 0.322 e. The predicted molar refractivity (Wildman–Crippen MR) is 331 cm³/mol. The van der Waals surface area contributed by atoms with Gasteiger partial charge in [0, 0.05) is 39.7 Å². The molecule has 0 spiro atoms. The summed E-state index contributed by atoms with van der Waals surface area (Å²) >= 11 is 3.35. The van der Waals surface area contributed by atoms with E-state index in [4.69, 9.17) is 22.0 Å². The van der Waals surface area contributed by atoms with Crippen molar-refractivity contribution in [1.82, 2.24) is 63.8 Å². The normalized spacial score (nSPS) is 17.2. The molecule has 32 nitrogen and oxygen atoms in total. The molecule has 0 aromatic heterocycles. The number of unbranched alkanes of at least 4 members (excludes halogenated alkanes) is 1. The van der Waals surface area contributed by atoms with Crippen LogP contribution in [0.4, 0.5) is 0 Å². The third kappa shape index (κ3) is 33.3. The number of benzene rings is 1. The number of rotatable bonds is 35. The number of aliphatic carboxylic acids is 3. The van der Waals surface area contributed by atoms with Crippen molar-refractivity contribution in [3.63, 3.8) is 0 Å². The van der Waals surface area contributed by atoms with Crippen LogP contribution in [0.15, 0.2) is 30.3 Å². The minimum absolute atomic E-state index is 0.00281. The summed E-state index contributed by atoms with van der Waals surface area (Å²) in [6, 6.07) is -3.74. The Kier molecular flexibility index (Phi) is 34.0. The number of hydrogen-bond donors (Lipinski definition) is 18. The maximum Gasteiger partial charge on any atom is 0.322 e. The molecule has 35 heteroatoms. The summed E-state index contributed by atoms with van der Waals surface area (Å²) in [6.45, 7) is 9.00. The zero-order valence-electron chi connectivity index (χ0n) is 50.5. The molecule has 0 radical (unpaired) electrons. The fraction of sp³-hybridized carbons (Fsp3) is 0.611. The number of carbonyl (C=O) groups excluding carboxylic acids is 11. The van der Waals surface area contributed by atoms with Gasteiger partial charge in [-0.2, -0.15) is 23.5 Å². The van der Waals surface area contributed by atoms with Crippen LogP contribution in [0.3, 0.4) is 0 Å². The first-order valence-electron chi connectivity index (χ1n) is 28.2. The summed E-state index contributed by atoms with van der Waals surface area (Å²) in [5, 5.41) is 65.0. The molecular formula is C54H85N15O17S3. The number of amides is 11. The highest BCUT2D eigenvalue weighted by atomic mass is 32.2. The van der Waals surface area contributed by atoms with E-state index in [0.717, 1.165) is 11.8 Å². The van der Waals surface area contributed by atoms with E-state index >= 15 is 0 Å². The first-order valence-corrected chi connectivity index (χ1v) is 31.3. The quantitative estimate of drug-likeness (QED) is 0.0174. The predicted octanol–water partition coefficient (Wildman–Crippen LogP) is -4.31. The Bertz CT molecular complexity index is 2660. The van der Waals surface area contributed by atoms with Gasteiger partial charge in [0.1, 0.15) is 54.9 Å². The number of hydrogen-bond acceptors (Lipinski definition) is 19. The average Bonchev–Trinajstić information content (AvgIpc) is 3.20. The van der Waals surface area contributed by atoms with Crippen molar-refractivity contribution in [2.45, 2.75) is 151 Å². The largest absolute Gasteiger partial charge is 0.481 e. The number of thioether (sulfide) groups is 3. The highest BCUT2D eigenvalue weighted by Gasteiger charge is 2.36. The van der Waals surface area contributed by atoms with E-state index in [1.54, 1.807) is 51.1 Å². The van der Waals surface area contributed by atoms with E-state index in [1.165, 1.54) is 23.5 Å². The maximum atomic E-state index is 14.4. The van der Waals surface area contributed by atoms with Gasteiger partial charge in [-0.05, 0) is 44.2 Å². The van der Waals surface area contributed by atoms with Gasteiger partial charge in [0.15, 0.2) is 5.96 Å². The molecular weight excluding hydrogens is 1230 g/mol. The van der Waals surface area contributed by atoms with Crippen LogP contribution in [0.2, 0.25) is 0 Å². The van der Waals surface area contributed by atoms with Crippen LogP contribution in [0, 0.1) is 5.41 Å². The van der Waals surface area contributed by atoms with Gasteiger partial charge in [-0.3, -0.25) is 72.5 Å². The minimum atomic E-state index is -1.91. The summed E-state index contributed by atoms with van der Waals surface area (Å²) in [4.78, 5) is 185. The van der Waals surface area contributed by atoms with Crippen LogP contribution in [0.5, 0.6) is 0 Å². The van der Waals surface area contributed by atoms with E-state index in [1.807, 2.05) is 20.8 Å². The lowest BCUT2D eigenvalue weighted by Crippen LogP contribution is -2.60. The molecule has 1 fully saturated rings. The highest BCUT2D eigenvalue weighted by molar-refractivity contribution is 8.01. The van der Waals surface area contributed by atoms with Gasteiger partial charge in [0.2, 0.25) is 65.0 Å². The number of nitrogens with two attached hydrogens (primary N) is 2. The average molecular weight is 1310 g/mol. The molecule has 1 heterocycles. The van der Waals surface area contributed by atoms with Crippen LogP contribution in [0.1, 0.15) is 92.1 Å². The molecule has 1 saturated heterocycles. The molecule has 8 atom stereocenters. The second kappa shape index (κ2) is 39.2. The summed E-state index contributed by atoms with van der Waals surface area (Å²) in [5.74, 6) is -16.0. The zero-order valence-corrected chi connectivity index (χ0v) is 52.9.